The molecule has 9 heteroatoms. The van der Waals surface area contributed by atoms with Crippen LogP contribution in [0.25, 0.3) is 0 Å². The van der Waals surface area contributed by atoms with Gasteiger partial charge in [0, 0.05) is 27.7 Å². The minimum atomic E-state index is -0.346. The van der Waals surface area contributed by atoms with Crippen LogP contribution in [0.4, 0.5) is 10.0 Å². The summed E-state index contributed by atoms with van der Waals surface area (Å²) >= 11 is 4.12. The molecule has 0 fully saturated rings. The van der Waals surface area contributed by atoms with Crippen LogP contribution in [-0.4, -0.2) is 37.6 Å². The van der Waals surface area contributed by atoms with Gasteiger partial charge in [-0.1, -0.05) is 115 Å². The number of rotatable bonds is 25. The first-order valence-corrected chi connectivity index (χ1v) is 19.6. The molecule has 0 aliphatic carbocycles. The molecule has 0 aliphatic rings. The summed E-state index contributed by atoms with van der Waals surface area (Å²) in [5, 5.41) is 1.32. The van der Waals surface area contributed by atoms with Crippen LogP contribution >= 0.6 is 34.0 Å². The van der Waals surface area contributed by atoms with Gasteiger partial charge >= 0.3 is 5.97 Å². The van der Waals surface area contributed by atoms with Gasteiger partial charge in [-0.2, -0.15) is 0 Å². The molecule has 250 valence electrons. The Labute approximate surface area is 287 Å². The van der Waals surface area contributed by atoms with Crippen molar-refractivity contribution in [1.82, 2.24) is 0 Å². The van der Waals surface area contributed by atoms with E-state index in [2.05, 4.69) is 13.8 Å². The topological polar surface area (TPSA) is 85.2 Å². The third-order valence-electron chi connectivity index (χ3n) is 7.83. The van der Waals surface area contributed by atoms with Crippen LogP contribution in [0, 0.1) is 0 Å². The Balaban J connectivity index is 1.80. The largest absolute Gasteiger partial charge is 0.462 e. The second-order valence-corrected chi connectivity index (χ2v) is 14.9. The van der Waals surface area contributed by atoms with E-state index in [1.807, 2.05) is 12.1 Å². The van der Waals surface area contributed by atoms with Crippen molar-refractivity contribution in [2.75, 3.05) is 6.61 Å². The van der Waals surface area contributed by atoms with Gasteiger partial charge in [0.1, 0.15) is 15.6 Å². The van der Waals surface area contributed by atoms with Crippen LogP contribution < -0.4 is 0 Å². The van der Waals surface area contributed by atoms with E-state index in [0.717, 1.165) is 65.0 Å². The Kier molecular flexibility index (Phi) is 18.6. The maximum Gasteiger partial charge on any atom is 0.341 e. The fourth-order valence-electron chi connectivity index (χ4n) is 5.23. The molecule has 0 saturated carbocycles. The van der Waals surface area contributed by atoms with E-state index < -0.39 is 0 Å². The fraction of sp³-hybridized carbons (Fsp3) is 0.541. The standard InChI is InChI=1S/C37H50N2O4S3/c1-3-5-7-9-11-13-15-17-19-33-34(37(42)43-24-18-16-14-12-10-8-6-4-2)36(39-26-30-21-23-32(28-41)45-30)46-35(33)38-25-29-20-22-31(27-40)44-29/h20-23,25-28H,3-19,24H2,1-2H3/b38-25+,39-26+. The summed E-state index contributed by atoms with van der Waals surface area (Å²) < 4.78 is 5.87. The summed E-state index contributed by atoms with van der Waals surface area (Å²) in [4.78, 5) is 48.7. The Morgan fingerprint density at radius 1 is 0.609 bits per heavy atom. The maximum absolute atomic E-state index is 13.7. The van der Waals surface area contributed by atoms with Gasteiger partial charge in [-0.15, -0.1) is 22.7 Å². The lowest BCUT2D eigenvalue weighted by atomic mass is 10.0. The molecule has 3 aromatic heterocycles. The van der Waals surface area contributed by atoms with Crippen molar-refractivity contribution < 1.29 is 19.1 Å². The summed E-state index contributed by atoms with van der Waals surface area (Å²) in [6.45, 7) is 4.86. The van der Waals surface area contributed by atoms with E-state index in [-0.39, 0.29) is 5.97 Å². The molecule has 0 aromatic carbocycles. The molecule has 0 bridgehead atoms. The molecular weight excluding hydrogens is 633 g/mol. The van der Waals surface area contributed by atoms with Crippen molar-refractivity contribution in [2.45, 2.75) is 123 Å². The normalized spacial score (nSPS) is 11.6. The van der Waals surface area contributed by atoms with Crippen molar-refractivity contribution in [3.8, 4) is 0 Å². The van der Waals surface area contributed by atoms with E-state index in [0.29, 0.717) is 33.3 Å². The smallest absolute Gasteiger partial charge is 0.341 e. The molecule has 0 atom stereocenters. The lowest BCUT2D eigenvalue weighted by molar-refractivity contribution is 0.0497. The summed E-state index contributed by atoms with van der Waals surface area (Å²) in [5.74, 6) is -0.346. The van der Waals surface area contributed by atoms with Crippen molar-refractivity contribution in [1.29, 1.82) is 0 Å². The number of thiophene rings is 3. The van der Waals surface area contributed by atoms with Gasteiger partial charge in [-0.3, -0.25) is 9.59 Å². The molecular formula is C37H50N2O4S3. The van der Waals surface area contributed by atoms with Crippen molar-refractivity contribution in [3.05, 3.63) is 54.9 Å². The first-order chi connectivity index (χ1) is 22.6. The molecule has 3 aromatic rings. The highest BCUT2D eigenvalue weighted by molar-refractivity contribution is 7.20. The van der Waals surface area contributed by atoms with E-state index in [1.54, 1.807) is 24.6 Å². The predicted molar refractivity (Wildman–Crippen MR) is 197 cm³/mol. The van der Waals surface area contributed by atoms with Gasteiger partial charge < -0.3 is 4.74 Å². The lowest BCUT2D eigenvalue weighted by Crippen LogP contribution is -2.08. The molecule has 0 aliphatic heterocycles. The molecule has 0 spiro atoms. The average molecular weight is 683 g/mol. The number of aliphatic imine (C=N–C) groups is 2. The third kappa shape index (κ3) is 13.5. The number of nitrogens with zero attached hydrogens (tertiary/aromatic N) is 2. The van der Waals surface area contributed by atoms with E-state index in [1.165, 1.54) is 105 Å². The summed E-state index contributed by atoms with van der Waals surface area (Å²) in [6, 6.07) is 7.29. The van der Waals surface area contributed by atoms with E-state index >= 15 is 0 Å². The molecule has 0 radical (unpaired) electrons. The Bertz CT molecular complexity index is 1380. The van der Waals surface area contributed by atoms with Crippen molar-refractivity contribution in [2.24, 2.45) is 9.98 Å². The van der Waals surface area contributed by atoms with Crippen LogP contribution in [0.5, 0.6) is 0 Å². The SMILES string of the molecule is CCCCCCCCCCOC(=O)c1c(/N=C/c2ccc(C=O)s2)sc(/N=C/c2ccc(C=O)s2)c1CCCCCCCCCC. The van der Waals surface area contributed by atoms with Crippen molar-refractivity contribution >= 4 is 75.0 Å². The number of carbonyl (C=O) groups excluding carboxylic acids is 3. The van der Waals surface area contributed by atoms with Crippen LogP contribution in [-0.2, 0) is 11.2 Å². The van der Waals surface area contributed by atoms with E-state index in [4.69, 9.17) is 14.7 Å². The first kappa shape index (κ1) is 37.7. The van der Waals surface area contributed by atoms with Crippen molar-refractivity contribution in [3.63, 3.8) is 0 Å². The highest BCUT2D eigenvalue weighted by Gasteiger charge is 2.24. The number of esters is 1. The van der Waals surface area contributed by atoms with Crippen LogP contribution in [0.3, 0.4) is 0 Å². The van der Waals surface area contributed by atoms with Gasteiger partial charge in [0.25, 0.3) is 0 Å². The third-order valence-corrected chi connectivity index (χ3v) is 10.8. The van der Waals surface area contributed by atoms with Gasteiger partial charge in [0.05, 0.1) is 16.4 Å². The second-order valence-electron chi connectivity index (χ2n) is 11.6. The Morgan fingerprint density at radius 3 is 1.57 bits per heavy atom. The molecule has 0 saturated heterocycles. The zero-order valence-corrected chi connectivity index (χ0v) is 30.0. The highest BCUT2D eigenvalue weighted by atomic mass is 32.1. The van der Waals surface area contributed by atoms with E-state index in [9.17, 15) is 14.4 Å². The molecule has 0 amide bonds. The molecule has 46 heavy (non-hydrogen) atoms. The Hall–Kier alpha value is -2.75. The summed E-state index contributed by atoms with van der Waals surface area (Å²) in [6.07, 6.45) is 24.8. The zero-order chi connectivity index (χ0) is 32.8. The lowest BCUT2D eigenvalue weighted by Gasteiger charge is -2.08. The molecule has 3 heterocycles. The summed E-state index contributed by atoms with van der Waals surface area (Å²) in [5.41, 5.74) is 1.38. The molecule has 0 unspecified atom stereocenters. The number of unbranched alkanes of at least 4 members (excludes halogenated alkanes) is 14. The number of aldehydes is 2. The van der Waals surface area contributed by atoms with Gasteiger partial charge in [-0.25, -0.2) is 14.8 Å². The van der Waals surface area contributed by atoms with Crippen LogP contribution in [0.1, 0.15) is 162 Å². The van der Waals surface area contributed by atoms with Gasteiger partial charge in [0.15, 0.2) is 12.6 Å². The van der Waals surface area contributed by atoms with Gasteiger partial charge in [-0.05, 0) is 43.5 Å². The highest BCUT2D eigenvalue weighted by Crippen LogP contribution is 2.43. The minimum absolute atomic E-state index is 0.346. The van der Waals surface area contributed by atoms with Gasteiger partial charge in [0.2, 0.25) is 0 Å². The average Bonchev–Trinajstić information content (AvgIpc) is 3.81. The number of hydrogen-bond acceptors (Lipinski definition) is 9. The fourth-order valence-corrected chi connectivity index (χ4v) is 7.66. The first-order valence-electron chi connectivity index (χ1n) is 17.1. The zero-order valence-electron chi connectivity index (χ0n) is 27.6. The van der Waals surface area contributed by atoms with Crippen LogP contribution in [0.15, 0.2) is 34.3 Å². The Morgan fingerprint density at radius 2 is 1.07 bits per heavy atom. The summed E-state index contributed by atoms with van der Waals surface area (Å²) in [7, 11) is 0. The molecule has 3 rings (SSSR count). The molecule has 0 N–H and O–H groups in total. The second kappa shape index (κ2) is 22.7. The number of carbonyl (C=O) groups is 3. The number of hydrogen-bond donors (Lipinski definition) is 0. The monoisotopic (exact) mass is 682 g/mol. The predicted octanol–water partition coefficient (Wildman–Crippen LogP) is 12.0. The molecule has 6 nitrogen and oxygen atoms in total. The van der Waals surface area contributed by atoms with Crippen LogP contribution in [0.2, 0.25) is 0 Å². The number of ether oxygens (including phenoxy) is 1. The maximum atomic E-state index is 13.7. The minimum Gasteiger partial charge on any atom is -0.462 e. The quantitative estimate of drug-likeness (QED) is 0.0385.